The fourth-order valence-electron chi connectivity index (χ4n) is 1.05. The number of carbonyl (C=O) groups excluding carboxylic acids is 2. The number of ether oxygens (including phenoxy) is 1. The molecule has 0 aromatic rings. The highest BCUT2D eigenvalue weighted by atomic mass is 32.2. The summed E-state index contributed by atoms with van der Waals surface area (Å²) < 4.78 is 4.50. The Bertz CT molecular complexity index is 245. The van der Waals surface area contributed by atoms with Crippen molar-refractivity contribution in [2.45, 2.75) is 19.3 Å². The molecule has 0 atom stereocenters. The van der Waals surface area contributed by atoms with Crippen molar-refractivity contribution in [3.05, 3.63) is 11.0 Å². The quantitative estimate of drug-likeness (QED) is 0.645. The number of ketones is 1. The molecule has 1 rings (SSSR count). The van der Waals surface area contributed by atoms with E-state index < -0.39 is 0 Å². The van der Waals surface area contributed by atoms with Crippen LogP contribution in [-0.2, 0) is 14.3 Å². The molecule has 3 nitrogen and oxygen atoms in total. The topological polar surface area (TPSA) is 43.4 Å². The van der Waals surface area contributed by atoms with E-state index in [9.17, 15) is 9.59 Å². The van der Waals surface area contributed by atoms with Gasteiger partial charge in [-0.3, -0.25) is 9.59 Å². The molecule has 0 aliphatic heterocycles. The van der Waals surface area contributed by atoms with Gasteiger partial charge in [0.05, 0.1) is 13.5 Å². The monoisotopic (exact) mass is 200 g/mol. The maximum Gasteiger partial charge on any atom is 0.306 e. The molecule has 0 amide bonds. The summed E-state index contributed by atoms with van der Waals surface area (Å²) in [6, 6.07) is 0. The summed E-state index contributed by atoms with van der Waals surface area (Å²) in [5.41, 5.74) is 0. The molecule has 0 aromatic carbocycles. The van der Waals surface area contributed by atoms with Gasteiger partial charge in [-0.2, -0.15) is 0 Å². The number of methoxy groups -OCH3 is 1. The van der Waals surface area contributed by atoms with Crippen LogP contribution in [-0.4, -0.2) is 24.6 Å². The average Bonchev–Trinajstić information content (AvgIpc) is 2.51. The summed E-state index contributed by atoms with van der Waals surface area (Å²) in [6.07, 6.45) is 3.54. The van der Waals surface area contributed by atoms with Gasteiger partial charge in [0, 0.05) is 12.2 Å². The number of carbonyl (C=O) groups is 2. The molecule has 4 heteroatoms. The number of hydrogen-bond acceptors (Lipinski definition) is 4. The zero-order chi connectivity index (χ0) is 9.68. The lowest BCUT2D eigenvalue weighted by Crippen LogP contribution is -2.00. The second kappa shape index (κ2) is 5.07. The molecule has 0 N–H and O–H groups in total. The van der Waals surface area contributed by atoms with Gasteiger partial charge in [0.25, 0.3) is 0 Å². The fraction of sp³-hybridized carbons (Fsp3) is 0.556. The van der Waals surface area contributed by atoms with E-state index in [1.54, 1.807) is 17.8 Å². The van der Waals surface area contributed by atoms with E-state index >= 15 is 0 Å². The molecule has 1 aliphatic carbocycles. The van der Waals surface area contributed by atoms with Crippen LogP contribution in [0, 0.1) is 0 Å². The molecule has 72 valence electrons. The first-order valence-electron chi connectivity index (χ1n) is 4.15. The summed E-state index contributed by atoms with van der Waals surface area (Å²) >= 11 is 1.57. The highest BCUT2D eigenvalue weighted by Crippen LogP contribution is 2.26. The maximum atomic E-state index is 10.8. The lowest BCUT2D eigenvalue weighted by molar-refractivity contribution is -0.140. The van der Waals surface area contributed by atoms with Gasteiger partial charge in [-0.05, 0) is 17.4 Å². The van der Waals surface area contributed by atoms with Crippen LogP contribution in [0.15, 0.2) is 11.0 Å². The summed E-state index contributed by atoms with van der Waals surface area (Å²) in [5, 5.41) is 0. The molecule has 0 spiro atoms. The molecule has 0 bridgehead atoms. The van der Waals surface area contributed by atoms with Gasteiger partial charge in [0.2, 0.25) is 0 Å². The third kappa shape index (κ3) is 3.63. The second-order valence-electron chi connectivity index (χ2n) is 2.75. The van der Waals surface area contributed by atoms with Crippen LogP contribution >= 0.6 is 11.8 Å². The number of hydrogen-bond donors (Lipinski definition) is 0. The summed E-state index contributed by atoms with van der Waals surface area (Å²) in [6.45, 7) is 0. The van der Waals surface area contributed by atoms with Crippen LogP contribution < -0.4 is 0 Å². The van der Waals surface area contributed by atoms with E-state index in [2.05, 4.69) is 4.74 Å². The first kappa shape index (κ1) is 10.3. The summed E-state index contributed by atoms with van der Waals surface area (Å²) in [7, 11) is 1.38. The largest absolute Gasteiger partial charge is 0.469 e. The van der Waals surface area contributed by atoms with E-state index in [1.165, 1.54) is 7.11 Å². The maximum absolute atomic E-state index is 10.8. The van der Waals surface area contributed by atoms with Crippen LogP contribution in [0.2, 0.25) is 0 Å². The number of allylic oxidation sites excluding steroid dienone is 2. The third-order valence-corrected chi connectivity index (χ3v) is 2.86. The predicted molar refractivity (Wildman–Crippen MR) is 51.4 cm³/mol. The molecule has 0 radical (unpaired) electrons. The number of rotatable bonds is 4. The van der Waals surface area contributed by atoms with Crippen molar-refractivity contribution < 1.29 is 14.3 Å². The predicted octanol–water partition coefficient (Wildman–Crippen LogP) is 1.53. The minimum absolute atomic E-state index is 0.195. The molecule has 1 aliphatic rings. The number of thioether (sulfide) groups is 1. The molecular weight excluding hydrogens is 188 g/mol. The minimum Gasteiger partial charge on any atom is -0.469 e. The molecule has 0 unspecified atom stereocenters. The average molecular weight is 200 g/mol. The lowest BCUT2D eigenvalue weighted by Gasteiger charge is -1.99. The zero-order valence-electron chi connectivity index (χ0n) is 7.54. The normalized spacial score (nSPS) is 15.8. The molecular formula is C9H12O3S. The van der Waals surface area contributed by atoms with Crippen molar-refractivity contribution in [2.75, 3.05) is 12.9 Å². The first-order chi connectivity index (χ1) is 6.22. The molecule has 0 saturated heterocycles. The Hall–Kier alpha value is -0.770. The highest BCUT2D eigenvalue weighted by molar-refractivity contribution is 8.03. The van der Waals surface area contributed by atoms with Crippen LogP contribution in [0.5, 0.6) is 0 Å². The van der Waals surface area contributed by atoms with Gasteiger partial charge < -0.3 is 4.74 Å². The van der Waals surface area contributed by atoms with Gasteiger partial charge in [-0.25, -0.2) is 0 Å². The van der Waals surface area contributed by atoms with Crippen molar-refractivity contribution in [3.8, 4) is 0 Å². The molecule has 13 heavy (non-hydrogen) atoms. The van der Waals surface area contributed by atoms with Gasteiger partial charge in [-0.1, -0.05) is 0 Å². The van der Waals surface area contributed by atoms with E-state index in [1.807, 2.05) is 0 Å². The first-order valence-corrected chi connectivity index (χ1v) is 5.14. The summed E-state index contributed by atoms with van der Waals surface area (Å²) in [5.74, 6) is 0.698. The lowest BCUT2D eigenvalue weighted by atomic mass is 10.3. The van der Waals surface area contributed by atoms with Crippen LogP contribution in [0.3, 0.4) is 0 Å². The van der Waals surface area contributed by atoms with E-state index in [4.69, 9.17) is 0 Å². The van der Waals surface area contributed by atoms with E-state index in [-0.39, 0.29) is 11.8 Å². The van der Waals surface area contributed by atoms with Gasteiger partial charge >= 0.3 is 5.97 Å². The van der Waals surface area contributed by atoms with Crippen LogP contribution in [0.25, 0.3) is 0 Å². The van der Waals surface area contributed by atoms with E-state index in [0.29, 0.717) is 18.6 Å². The van der Waals surface area contributed by atoms with Gasteiger partial charge in [0.1, 0.15) is 0 Å². The minimum atomic E-state index is -0.197. The van der Waals surface area contributed by atoms with Crippen molar-refractivity contribution >= 4 is 23.5 Å². The SMILES string of the molecule is COC(=O)CCSC1=CC(=O)CC1. The Morgan fingerprint density at radius 3 is 2.92 bits per heavy atom. The van der Waals surface area contributed by atoms with Crippen molar-refractivity contribution in [1.29, 1.82) is 0 Å². The summed E-state index contributed by atoms with van der Waals surface area (Å²) in [4.78, 5) is 22.6. The smallest absolute Gasteiger partial charge is 0.306 e. The Labute approximate surface area is 81.5 Å². The second-order valence-corrected chi connectivity index (χ2v) is 3.97. The molecule has 0 saturated carbocycles. The Kier molecular flexibility index (Phi) is 4.02. The molecule has 0 fully saturated rings. The van der Waals surface area contributed by atoms with Crippen LogP contribution in [0.4, 0.5) is 0 Å². The van der Waals surface area contributed by atoms with Crippen molar-refractivity contribution in [3.63, 3.8) is 0 Å². The van der Waals surface area contributed by atoms with Gasteiger partial charge in [-0.15, -0.1) is 11.8 Å². The highest BCUT2D eigenvalue weighted by Gasteiger charge is 2.12. The zero-order valence-corrected chi connectivity index (χ0v) is 8.36. The number of esters is 1. The standard InChI is InChI=1S/C9H12O3S/c1-12-9(11)4-5-13-8-3-2-7(10)6-8/h6H,2-5H2,1H3. The van der Waals surface area contributed by atoms with E-state index in [0.717, 1.165) is 11.3 Å². The van der Waals surface area contributed by atoms with Gasteiger partial charge in [0.15, 0.2) is 5.78 Å². The Morgan fingerprint density at radius 1 is 1.62 bits per heavy atom. The Balaban J connectivity index is 2.16. The third-order valence-electron chi connectivity index (χ3n) is 1.76. The Morgan fingerprint density at radius 2 is 2.38 bits per heavy atom. The van der Waals surface area contributed by atoms with Crippen molar-refractivity contribution in [2.24, 2.45) is 0 Å². The van der Waals surface area contributed by atoms with Crippen molar-refractivity contribution in [1.82, 2.24) is 0 Å². The molecule has 0 aromatic heterocycles. The molecule has 0 heterocycles. The van der Waals surface area contributed by atoms with Crippen LogP contribution in [0.1, 0.15) is 19.3 Å². The fourth-order valence-corrected chi connectivity index (χ4v) is 2.04.